The predicted octanol–water partition coefficient (Wildman–Crippen LogP) is 1.31. The minimum absolute atomic E-state index is 0.287. The van der Waals surface area contributed by atoms with Gasteiger partial charge in [-0.2, -0.15) is 0 Å². The summed E-state index contributed by atoms with van der Waals surface area (Å²) in [5, 5.41) is 13.1. The molecule has 2 atom stereocenters. The van der Waals surface area contributed by atoms with E-state index in [1.54, 1.807) is 6.92 Å². The summed E-state index contributed by atoms with van der Waals surface area (Å²) in [6.45, 7) is 5.73. The standard InChI is InChI=1S/C15H22F2N2O2/c1-11(14-3-2-12(16)8-15(14)17)18-9-13(20)10-19-4-6-21-7-5-19/h2-3,8,11,13,18,20H,4-7,9-10H2,1H3. The van der Waals surface area contributed by atoms with E-state index in [4.69, 9.17) is 4.74 Å². The van der Waals surface area contributed by atoms with E-state index in [0.29, 0.717) is 31.9 Å². The average molecular weight is 300 g/mol. The van der Waals surface area contributed by atoms with E-state index in [1.165, 1.54) is 12.1 Å². The molecule has 0 amide bonds. The smallest absolute Gasteiger partial charge is 0.130 e. The fourth-order valence-corrected chi connectivity index (χ4v) is 2.42. The highest BCUT2D eigenvalue weighted by Crippen LogP contribution is 2.17. The van der Waals surface area contributed by atoms with Crippen LogP contribution in [0.15, 0.2) is 18.2 Å². The van der Waals surface area contributed by atoms with Crippen LogP contribution in [-0.2, 0) is 4.74 Å². The second-order valence-corrected chi connectivity index (χ2v) is 5.36. The van der Waals surface area contributed by atoms with Crippen molar-refractivity contribution in [3.8, 4) is 0 Å². The highest BCUT2D eigenvalue weighted by atomic mass is 19.1. The molecule has 1 saturated heterocycles. The maximum absolute atomic E-state index is 13.6. The fourth-order valence-electron chi connectivity index (χ4n) is 2.42. The quantitative estimate of drug-likeness (QED) is 0.831. The van der Waals surface area contributed by atoms with Gasteiger partial charge in [-0.3, -0.25) is 4.90 Å². The molecule has 1 heterocycles. The summed E-state index contributed by atoms with van der Waals surface area (Å²) in [5.41, 5.74) is 0.398. The van der Waals surface area contributed by atoms with E-state index in [9.17, 15) is 13.9 Å². The maximum atomic E-state index is 13.6. The topological polar surface area (TPSA) is 44.7 Å². The van der Waals surface area contributed by atoms with E-state index < -0.39 is 17.7 Å². The lowest BCUT2D eigenvalue weighted by molar-refractivity contribution is 0.0145. The van der Waals surface area contributed by atoms with Crippen LogP contribution >= 0.6 is 0 Å². The highest BCUT2D eigenvalue weighted by molar-refractivity contribution is 5.21. The summed E-state index contributed by atoms with van der Waals surface area (Å²) in [6.07, 6.45) is -0.533. The molecule has 0 radical (unpaired) electrons. The monoisotopic (exact) mass is 300 g/mol. The van der Waals surface area contributed by atoms with Crippen molar-refractivity contribution >= 4 is 0 Å². The molecule has 21 heavy (non-hydrogen) atoms. The van der Waals surface area contributed by atoms with Crippen LogP contribution in [0.2, 0.25) is 0 Å². The van der Waals surface area contributed by atoms with Gasteiger partial charge in [0.25, 0.3) is 0 Å². The molecule has 6 heteroatoms. The number of nitrogens with zero attached hydrogens (tertiary/aromatic N) is 1. The second-order valence-electron chi connectivity index (χ2n) is 5.36. The molecule has 1 aliphatic heterocycles. The first-order valence-corrected chi connectivity index (χ1v) is 7.22. The number of aliphatic hydroxyl groups is 1. The third-order valence-electron chi connectivity index (χ3n) is 3.66. The first-order valence-electron chi connectivity index (χ1n) is 7.22. The molecule has 1 aromatic carbocycles. The number of hydrogen-bond donors (Lipinski definition) is 2. The van der Waals surface area contributed by atoms with Gasteiger partial charge in [0, 0.05) is 43.9 Å². The van der Waals surface area contributed by atoms with Gasteiger partial charge in [0.2, 0.25) is 0 Å². The van der Waals surface area contributed by atoms with Crippen molar-refractivity contribution in [2.24, 2.45) is 0 Å². The van der Waals surface area contributed by atoms with Crippen molar-refractivity contribution in [1.82, 2.24) is 10.2 Å². The molecular formula is C15H22F2N2O2. The van der Waals surface area contributed by atoms with E-state index in [2.05, 4.69) is 10.2 Å². The number of nitrogens with one attached hydrogen (secondary N) is 1. The largest absolute Gasteiger partial charge is 0.390 e. The number of rotatable bonds is 6. The zero-order chi connectivity index (χ0) is 15.2. The number of β-amino-alcohol motifs (C(OH)–C–C–N with tert-alkyl or cyclic N) is 1. The molecule has 118 valence electrons. The SMILES string of the molecule is CC(NCC(O)CN1CCOCC1)c1ccc(F)cc1F. The molecule has 0 spiro atoms. The first-order chi connectivity index (χ1) is 10.1. The zero-order valence-electron chi connectivity index (χ0n) is 12.2. The van der Waals surface area contributed by atoms with Crippen molar-refractivity contribution in [3.63, 3.8) is 0 Å². The van der Waals surface area contributed by atoms with E-state index >= 15 is 0 Å². The summed E-state index contributed by atoms with van der Waals surface area (Å²) < 4.78 is 31.8. The van der Waals surface area contributed by atoms with Gasteiger partial charge in [-0.1, -0.05) is 6.07 Å². The van der Waals surface area contributed by atoms with Crippen molar-refractivity contribution in [3.05, 3.63) is 35.4 Å². The number of benzene rings is 1. The van der Waals surface area contributed by atoms with Crippen LogP contribution in [0.25, 0.3) is 0 Å². The molecule has 2 rings (SSSR count). The molecule has 4 nitrogen and oxygen atoms in total. The number of ether oxygens (including phenoxy) is 1. The average Bonchev–Trinajstić information content (AvgIpc) is 2.46. The number of aliphatic hydroxyl groups excluding tert-OH is 1. The van der Waals surface area contributed by atoms with Gasteiger partial charge in [0.05, 0.1) is 19.3 Å². The number of halogens is 2. The Balaban J connectivity index is 1.78. The number of hydrogen-bond acceptors (Lipinski definition) is 4. The zero-order valence-corrected chi connectivity index (χ0v) is 12.2. The number of morpholine rings is 1. The third-order valence-corrected chi connectivity index (χ3v) is 3.66. The predicted molar refractivity (Wildman–Crippen MR) is 76.0 cm³/mol. The molecule has 0 aromatic heterocycles. The Labute approximate surface area is 123 Å². The van der Waals surface area contributed by atoms with Crippen LogP contribution < -0.4 is 5.32 Å². The minimum Gasteiger partial charge on any atom is -0.390 e. The Hall–Kier alpha value is -1.08. The first kappa shape index (κ1) is 16.3. The summed E-state index contributed by atoms with van der Waals surface area (Å²) in [7, 11) is 0. The van der Waals surface area contributed by atoms with E-state index in [1.807, 2.05) is 0 Å². The summed E-state index contributed by atoms with van der Waals surface area (Å²) in [5.74, 6) is -1.16. The van der Waals surface area contributed by atoms with E-state index in [0.717, 1.165) is 19.2 Å². The Morgan fingerprint density at radius 1 is 1.33 bits per heavy atom. The van der Waals surface area contributed by atoms with Gasteiger partial charge in [0.15, 0.2) is 0 Å². The van der Waals surface area contributed by atoms with Crippen molar-refractivity contribution in [2.45, 2.75) is 19.1 Å². The highest BCUT2D eigenvalue weighted by Gasteiger charge is 2.17. The van der Waals surface area contributed by atoms with Crippen LogP contribution in [0.1, 0.15) is 18.5 Å². The van der Waals surface area contributed by atoms with E-state index in [-0.39, 0.29) is 6.04 Å². The molecule has 1 fully saturated rings. The maximum Gasteiger partial charge on any atom is 0.130 e. The normalized spacial score (nSPS) is 19.4. The molecular weight excluding hydrogens is 278 g/mol. The van der Waals surface area contributed by atoms with Crippen LogP contribution in [0.3, 0.4) is 0 Å². The van der Waals surface area contributed by atoms with Crippen LogP contribution in [0.5, 0.6) is 0 Å². The third kappa shape index (κ3) is 5.00. The summed E-state index contributed by atoms with van der Waals surface area (Å²) >= 11 is 0. The summed E-state index contributed by atoms with van der Waals surface area (Å²) in [6, 6.07) is 3.25. The van der Waals surface area contributed by atoms with Gasteiger partial charge < -0.3 is 15.2 Å². The lowest BCUT2D eigenvalue weighted by Crippen LogP contribution is -2.44. The summed E-state index contributed by atoms with van der Waals surface area (Å²) in [4.78, 5) is 2.14. The molecule has 0 aliphatic carbocycles. The molecule has 2 unspecified atom stereocenters. The lowest BCUT2D eigenvalue weighted by Gasteiger charge is -2.29. The van der Waals surface area contributed by atoms with Crippen molar-refractivity contribution in [2.75, 3.05) is 39.4 Å². The van der Waals surface area contributed by atoms with Crippen molar-refractivity contribution < 1.29 is 18.6 Å². The molecule has 0 bridgehead atoms. The van der Waals surface area contributed by atoms with Gasteiger partial charge in [-0.15, -0.1) is 0 Å². The van der Waals surface area contributed by atoms with Crippen LogP contribution in [0.4, 0.5) is 8.78 Å². The molecule has 1 aliphatic rings. The Bertz CT molecular complexity index is 453. The van der Waals surface area contributed by atoms with Gasteiger partial charge in [-0.05, 0) is 13.0 Å². The van der Waals surface area contributed by atoms with Gasteiger partial charge in [-0.25, -0.2) is 8.78 Å². The van der Waals surface area contributed by atoms with Gasteiger partial charge in [0.1, 0.15) is 11.6 Å². The molecule has 2 N–H and O–H groups in total. The Kier molecular flexibility index (Phi) is 6.05. The van der Waals surface area contributed by atoms with Gasteiger partial charge >= 0.3 is 0 Å². The molecule has 0 saturated carbocycles. The van der Waals surface area contributed by atoms with Crippen molar-refractivity contribution in [1.29, 1.82) is 0 Å². The second kappa shape index (κ2) is 7.79. The Morgan fingerprint density at radius 2 is 2.05 bits per heavy atom. The minimum atomic E-state index is -0.587. The fraction of sp³-hybridized carbons (Fsp3) is 0.600. The molecule has 1 aromatic rings. The van der Waals surface area contributed by atoms with Crippen LogP contribution in [-0.4, -0.2) is 55.5 Å². The van der Waals surface area contributed by atoms with Crippen LogP contribution in [0, 0.1) is 11.6 Å². The lowest BCUT2D eigenvalue weighted by atomic mass is 10.1. The Morgan fingerprint density at radius 3 is 2.71 bits per heavy atom.